The van der Waals surface area contributed by atoms with Crippen LogP contribution in [-0.4, -0.2) is 43.4 Å². The second kappa shape index (κ2) is 7.27. The monoisotopic (exact) mass is 338 g/mol. The highest BCUT2D eigenvalue weighted by Crippen LogP contribution is 2.30. The minimum absolute atomic E-state index is 0.0627. The summed E-state index contributed by atoms with van der Waals surface area (Å²) in [6.07, 6.45) is -0.695. The van der Waals surface area contributed by atoms with Gasteiger partial charge in [-0.05, 0) is 12.1 Å². The molecule has 1 atom stereocenters. The van der Waals surface area contributed by atoms with Gasteiger partial charge < -0.3 is 19.7 Å². The van der Waals surface area contributed by atoms with Gasteiger partial charge in [-0.3, -0.25) is 0 Å². The number of nitrogens with one attached hydrogen (secondary N) is 1. The molecule has 0 bridgehead atoms. The van der Waals surface area contributed by atoms with E-state index in [0.29, 0.717) is 23.1 Å². The number of benzene rings is 2. The fourth-order valence-corrected chi connectivity index (χ4v) is 2.89. The molecule has 0 radical (unpaired) electrons. The molecule has 0 aliphatic rings. The molecule has 6 nitrogen and oxygen atoms in total. The predicted molar refractivity (Wildman–Crippen MR) is 86.6 cm³/mol. The topological polar surface area (TPSA) is 98.7 Å². The number of hydrogen-bond acceptors (Lipinski definition) is 6. The standard InChI is InChI=1S/C16H21NO5S/c1-11(2)17-9-12(18)10-22-15-7-8-16(23(19,20)21)14-6-4-3-5-13(14)15/h3-8,11-12,17-18H,9-10H2,1-2H3,(H,19,20,21)/p-1/t12-/m0/s1. The molecule has 0 aliphatic carbocycles. The summed E-state index contributed by atoms with van der Waals surface area (Å²) in [6.45, 7) is 4.40. The van der Waals surface area contributed by atoms with E-state index < -0.39 is 16.2 Å². The minimum atomic E-state index is -4.56. The lowest BCUT2D eigenvalue weighted by Crippen LogP contribution is -2.35. The number of fused-ring (bicyclic) bond motifs is 1. The smallest absolute Gasteiger partial charge is 0.127 e. The van der Waals surface area contributed by atoms with Gasteiger partial charge >= 0.3 is 0 Å². The molecule has 0 saturated carbocycles. The number of hydrogen-bond donors (Lipinski definition) is 2. The van der Waals surface area contributed by atoms with Crippen molar-refractivity contribution in [2.45, 2.75) is 30.9 Å². The molecule has 2 aromatic carbocycles. The van der Waals surface area contributed by atoms with E-state index in [9.17, 15) is 18.1 Å². The Hall–Kier alpha value is -1.67. The molecule has 0 aromatic heterocycles. The van der Waals surface area contributed by atoms with Crippen molar-refractivity contribution in [3.63, 3.8) is 0 Å². The van der Waals surface area contributed by atoms with Gasteiger partial charge in [0, 0.05) is 23.4 Å². The lowest BCUT2D eigenvalue weighted by atomic mass is 10.1. The van der Waals surface area contributed by atoms with Crippen molar-refractivity contribution in [2.24, 2.45) is 0 Å². The van der Waals surface area contributed by atoms with Gasteiger partial charge in [0.15, 0.2) is 0 Å². The maximum Gasteiger partial charge on any atom is 0.127 e. The Morgan fingerprint density at radius 1 is 1.17 bits per heavy atom. The van der Waals surface area contributed by atoms with Crippen LogP contribution in [0.1, 0.15) is 13.8 Å². The predicted octanol–water partition coefficient (Wildman–Crippen LogP) is 1.48. The molecule has 23 heavy (non-hydrogen) atoms. The quantitative estimate of drug-likeness (QED) is 0.742. The first kappa shape index (κ1) is 17.7. The van der Waals surface area contributed by atoms with Gasteiger partial charge in [-0.1, -0.05) is 38.1 Å². The van der Waals surface area contributed by atoms with Crippen LogP contribution < -0.4 is 10.1 Å². The Balaban J connectivity index is 2.23. The van der Waals surface area contributed by atoms with Crippen molar-refractivity contribution in [3.8, 4) is 5.75 Å². The van der Waals surface area contributed by atoms with E-state index >= 15 is 0 Å². The molecule has 7 heteroatoms. The van der Waals surface area contributed by atoms with E-state index in [0.717, 1.165) is 0 Å². The van der Waals surface area contributed by atoms with Crippen LogP contribution in [0.5, 0.6) is 5.75 Å². The first-order valence-electron chi connectivity index (χ1n) is 7.31. The molecule has 0 spiro atoms. The number of aliphatic hydroxyl groups excluding tert-OH is 1. The van der Waals surface area contributed by atoms with Gasteiger partial charge in [0.1, 0.15) is 28.6 Å². The van der Waals surface area contributed by atoms with Crippen molar-refractivity contribution >= 4 is 20.9 Å². The van der Waals surface area contributed by atoms with E-state index in [1.54, 1.807) is 24.3 Å². The Morgan fingerprint density at radius 3 is 2.43 bits per heavy atom. The van der Waals surface area contributed by atoms with E-state index in [2.05, 4.69) is 5.32 Å². The second-order valence-corrected chi connectivity index (χ2v) is 6.94. The van der Waals surface area contributed by atoms with Gasteiger partial charge in [0.2, 0.25) is 0 Å². The average Bonchev–Trinajstić information content (AvgIpc) is 2.49. The molecule has 0 saturated heterocycles. The Bertz CT molecular complexity index is 773. The molecule has 0 heterocycles. The van der Waals surface area contributed by atoms with Crippen molar-refractivity contribution in [2.75, 3.05) is 13.2 Å². The Morgan fingerprint density at radius 2 is 1.83 bits per heavy atom. The van der Waals surface area contributed by atoms with Crippen LogP contribution in [-0.2, 0) is 10.1 Å². The zero-order chi connectivity index (χ0) is 17.0. The van der Waals surface area contributed by atoms with E-state index in [1.165, 1.54) is 12.1 Å². The molecule has 0 fully saturated rings. The van der Waals surface area contributed by atoms with Crippen LogP contribution in [0.2, 0.25) is 0 Å². The largest absolute Gasteiger partial charge is 0.744 e. The van der Waals surface area contributed by atoms with Gasteiger partial charge in [-0.15, -0.1) is 0 Å². The summed E-state index contributed by atoms with van der Waals surface area (Å²) in [5.74, 6) is 0.427. The molecule has 126 valence electrons. The summed E-state index contributed by atoms with van der Waals surface area (Å²) < 4.78 is 39.6. The third-order valence-corrected chi connectivity index (χ3v) is 4.20. The molecule has 2 N–H and O–H groups in total. The highest BCUT2D eigenvalue weighted by atomic mass is 32.2. The fourth-order valence-electron chi connectivity index (χ4n) is 2.20. The average molecular weight is 338 g/mol. The Labute approximate surface area is 135 Å². The van der Waals surface area contributed by atoms with Crippen LogP contribution in [0.25, 0.3) is 10.8 Å². The van der Waals surface area contributed by atoms with E-state index in [4.69, 9.17) is 4.74 Å². The van der Waals surface area contributed by atoms with Crippen molar-refractivity contribution in [3.05, 3.63) is 36.4 Å². The third-order valence-electron chi connectivity index (χ3n) is 3.31. The molecule has 0 unspecified atom stereocenters. The number of aliphatic hydroxyl groups is 1. The van der Waals surface area contributed by atoms with Gasteiger partial charge in [0.25, 0.3) is 0 Å². The van der Waals surface area contributed by atoms with Crippen LogP contribution in [0.3, 0.4) is 0 Å². The summed E-state index contributed by atoms with van der Waals surface area (Å²) in [6, 6.07) is 9.55. The van der Waals surface area contributed by atoms with Crippen molar-refractivity contribution in [1.82, 2.24) is 5.32 Å². The van der Waals surface area contributed by atoms with Crippen molar-refractivity contribution in [1.29, 1.82) is 0 Å². The lowest BCUT2D eigenvalue weighted by molar-refractivity contribution is 0.105. The zero-order valence-electron chi connectivity index (χ0n) is 13.0. The molecule has 0 amide bonds. The maximum atomic E-state index is 11.3. The molecular formula is C16H20NO5S-. The van der Waals surface area contributed by atoms with Crippen molar-refractivity contribution < 1.29 is 22.8 Å². The molecular weight excluding hydrogens is 318 g/mol. The highest BCUT2D eigenvalue weighted by Gasteiger charge is 2.12. The summed E-state index contributed by atoms with van der Waals surface area (Å²) in [7, 11) is -4.56. The number of rotatable bonds is 7. The summed E-state index contributed by atoms with van der Waals surface area (Å²) in [4.78, 5) is -0.275. The first-order chi connectivity index (χ1) is 10.8. The summed E-state index contributed by atoms with van der Waals surface area (Å²) in [5, 5.41) is 13.8. The van der Waals surface area contributed by atoms with Crippen LogP contribution in [0, 0.1) is 0 Å². The molecule has 0 aliphatic heterocycles. The summed E-state index contributed by atoms with van der Waals surface area (Å²) >= 11 is 0. The number of ether oxygens (including phenoxy) is 1. The van der Waals surface area contributed by atoms with E-state index in [1.807, 2.05) is 13.8 Å². The molecule has 2 aromatic rings. The lowest BCUT2D eigenvalue weighted by Gasteiger charge is -2.17. The van der Waals surface area contributed by atoms with Crippen LogP contribution in [0.15, 0.2) is 41.3 Å². The Kier molecular flexibility index (Phi) is 5.59. The highest BCUT2D eigenvalue weighted by molar-refractivity contribution is 7.86. The normalized spacial score (nSPS) is 13.4. The van der Waals surface area contributed by atoms with E-state index in [-0.39, 0.29) is 17.5 Å². The van der Waals surface area contributed by atoms with Gasteiger partial charge in [-0.2, -0.15) is 0 Å². The van der Waals surface area contributed by atoms with Gasteiger partial charge in [-0.25, -0.2) is 8.42 Å². The van der Waals surface area contributed by atoms with Gasteiger partial charge in [0.05, 0.1) is 4.90 Å². The fraction of sp³-hybridized carbons (Fsp3) is 0.375. The van der Waals surface area contributed by atoms with Crippen LogP contribution >= 0.6 is 0 Å². The molecule has 2 rings (SSSR count). The maximum absolute atomic E-state index is 11.3. The summed E-state index contributed by atoms with van der Waals surface area (Å²) in [5.41, 5.74) is 0. The SMILES string of the molecule is CC(C)NC[C@H](O)COc1ccc(S(=O)(=O)[O-])c2ccccc12. The zero-order valence-corrected chi connectivity index (χ0v) is 13.8. The second-order valence-electron chi connectivity index (χ2n) is 5.59. The third kappa shape index (κ3) is 4.65. The minimum Gasteiger partial charge on any atom is -0.744 e. The first-order valence-corrected chi connectivity index (χ1v) is 8.71. The van der Waals surface area contributed by atoms with Crippen LogP contribution in [0.4, 0.5) is 0 Å².